The minimum absolute atomic E-state index is 0.104. The Morgan fingerprint density at radius 2 is 0.520 bits per heavy atom. The van der Waals surface area contributed by atoms with Crippen LogP contribution < -0.4 is 0 Å². The Kier molecular flexibility index (Phi) is 69.3. The van der Waals surface area contributed by atoms with Crippen LogP contribution in [0, 0.1) is 11.8 Å². The zero-order chi connectivity index (χ0) is 72.1. The van der Waals surface area contributed by atoms with Crippen LogP contribution in [-0.2, 0) is 65.4 Å². The summed E-state index contributed by atoms with van der Waals surface area (Å²) in [6, 6.07) is 0. The average molecular weight is 1440 g/mol. The number of ether oxygens (including phenoxy) is 4. The standard InChI is InChI=1S/C79H154O17P2/c1-7-10-12-14-16-18-20-22-24-26-28-30-32-34-36-38-43-51-57-63-78(83)95-74(67-89-76(81)61-55-49-42-37-35-33-31-29-27-25-23-21-19-17-15-13-11-8-2)69-93-97(85,86)91-65-73(80)66-92-98(87,88)94-70-75(68-90-77(82)62-56-50-46-45-47-53-59-71(4)5)96-79(84)64-58-52-44-40-39-41-48-54-60-72(6)9-3/h71-75,80H,7-70H2,1-6H3,(H,85,86)(H,87,88)/t72?,73-,74-,75-/m1/s1. The summed E-state index contributed by atoms with van der Waals surface area (Å²) in [5.74, 6) is -0.667. The normalized spacial score (nSPS) is 14.2. The van der Waals surface area contributed by atoms with Gasteiger partial charge < -0.3 is 33.8 Å². The lowest BCUT2D eigenvalue weighted by Crippen LogP contribution is -2.30. The SMILES string of the molecule is CCCCCCCCCCCCCCCCCCCCCC(=O)O[C@H](COC(=O)CCCCCCCCCCCCCCCCCCCC)COP(=O)(O)OC[C@@H](O)COP(=O)(O)OC[C@@H](COC(=O)CCCCCCCCC(C)C)OC(=O)CCCCCCCCCCC(C)CC. The van der Waals surface area contributed by atoms with Crippen LogP contribution in [0.15, 0.2) is 0 Å². The van der Waals surface area contributed by atoms with Crippen LogP contribution in [0.25, 0.3) is 0 Å². The fourth-order valence-corrected chi connectivity index (χ4v) is 13.7. The number of aliphatic hydroxyl groups excluding tert-OH is 1. The lowest BCUT2D eigenvalue weighted by atomic mass is 9.99. The summed E-state index contributed by atoms with van der Waals surface area (Å²) >= 11 is 0. The maximum absolute atomic E-state index is 13.1. The summed E-state index contributed by atoms with van der Waals surface area (Å²) < 4.78 is 68.6. The van der Waals surface area contributed by atoms with Crippen molar-refractivity contribution < 1.29 is 80.2 Å². The van der Waals surface area contributed by atoms with Crippen LogP contribution in [0.5, 0.6) is 0 Å². The van der Waals surface area contributed by atoms with Gasteiger partial charge in [0.25, 0.3) is 0 Å². The number of carbonyl (C=O) groups excluding carboxylic acids is 4. The van der Waals surface area contributed by atoms with Crippen LogP contribution in [0.4, 0.5) is 0 Å². The van der Waals surface area contributed by atoms with E-state index in [-0.39, 0.29) is 25.7 Å². The number of aliphatic hydroxyl groups is 1. The first kappa shape index (κ1) is 96.1. The van der Waals surface area contributed by atoms with Crippen molar-refractivity contribution in [3.8, 4) is 0 Å². The third-order valence-electron chi connectivity index (χ3n) is 18.8. The molecule has 0 aromatic heterocycles. The molecule has 0 aromatic rings. The van der Waals surface area contributed by atoms with Crippen LogP contribution >= 0.6 is 15.6 Å². The molecule has 0 aliphatic heterocycles. The molecule has 3 N–H and O–H groups in total. The predicted octanol–water partition coefficient (Wildman–Crippen LogP) is 23.5. The summed E-state index contributed by atoms with van der Waals surface area (Å²) in [4.78, 5) is 72.9. The summed E-state index contributed by atoms with van der Waals surface area (Å²) in [5.41, 5.74) is 0. The van der Waals surface area contributed by atoms with Gasteiger partial charge in [-0.3, -0.25) is 37.3 Å². The molecule has 0 spiro atoms. The van der Waals surface area contributed by atoms with Crippen molar-refractivity contribution in [1.82, 2.24) is 0 Å². The Morgan fingerprint density at radius 3 is 0.776 bits per heavy atom. The molecular formula is C79H154O17P2. The van der Waals surface area contributed by atoms with Gasteiger partial charge in [-0.05, 0) is 37.5 Å². The summed E-state index contributed by atoms with van der Waals surface area (Å²) in [6.45, 7) is 9.53. The molecule has 0 rings (SSSR count). The fourth-order valence-electron chi connectivity index (χ4n) is 12.2. The van der Waals surface area contributed by atoms with Gasteiger partial charge in [0, 0.05) is 25.7 Å². The third kappa shape index (κ3) is 71.1. The van der Waals surface area contributed by atoms with E-state index in [1.54, 1.807) is 0 Å². The molecule has 0 aromatic carbocycles. The van der Waals surface area contributed by atoms with Crippen molar-refractivity contribution in [3.05, 3.63) is 0 Å². The molecule has 0 radical (unpaired) electrons. The third-order valence-corrected chi connectivity index (χ3v) is 20.7. The van der Waals surface area contributed by atoms with Gasteiger partial charge in [0.05, 0.1) is 26.4 Å². The number of hydrogen-bond donors (Lipinski definition) is 3. The molecule has 17 nitrogen and oxygen atoms in total. The Morgan fingerprint density at radius 1 is 0.296 bits per heavy atom. The van der Waals surface area contributed by atoms with Crippen LogP contribution in [0.3, 0.4) is 0 Å². The number of unbranched alkanes of at least 4 members (excludes halogenated alkanes) is 47. The molecule has 98 heavy (non-hydrogen) atoms. The van der Waals surface area contributed by atoms with Gasteiger partial charge in [0.1, 0.15) is 19.3 Å². The van der Waals surface area contributed by atoms with E-state index in [4.69, 9.17) is 37.0 Å². The summed E-state index contributed by atoms with van der Waals surface area (Å²) in [7, 11) is -9.91. The highest BCUT2D eigenvalue weighted by Gasteiger charge is 2.30. The van der Waals surface area contributed by atoms with Crippen molar-refractivity contribution >= 4 is 39.5 Å². The molecule has 0 fully saturated rings. The number of hydrogen-bond acceptors (Lipinski definition) is 15. The second kappa shape index (κ2) is 70.7. The lowest BCUT2D eigenvalue weighted by Gasteiger charge is -2.21. The molecule has 582 valence electrons. The molecular weight excluding hydrogens is 1280 g/mol. The van der Waals surface area contributed by atoms with E-state index in [9.17, 15) is 43.2 Å². The molecule has 0 saturated heterocycles. The predicted molar refractivity (Wildman–Crippen MR) is 400 cm³/mol. The first-order chi connectivity index (χ1) is 47.4. The topological polar surface area (TPSA) is 237 Å². The molecule has 0 aliphatic rings. The van der Waals surface area contributed by atoms with E-state index < -0.39 is 97.5 Å². The molecule has 0 heterocycles. The van der Waals surface area contributed by atoms with Crippen molar-refractivity contribution in [2.24, 2.45) is 11.8 Å². The second-order valence-corrected chi connectivity index (χ2v) is 32.1. The zero-order valence-corrected chi connectivity index (χ0v) is 65.9. The number of esters is 4. The van der Waals surface area contributed by atoms with Crippen molar-refractivity contribution in [1.29, 1.82) is 0 Å². The van der Waals surface area contributed by atoms with E-state index in [0.29, 0.717) is 31.6 Å². The summed E-state index contributed by atoms with van der Waals surface area (Å²) in [5, 5.41) is 10.6. The first-order valence-electron chi connectivity index (χ1n) is 41.0. The zero-order valence-electron chi connectivity index (χ0n) is 64.1. The number of phosphoric ester groups is 2. The van der Waals surface area contributed by atoms with E-state index >= 15 is 0 Å². The molecule has 0 aliphatic carbocycles. The average Bonchev–Trinajstić information content (AvgIpc) is 1.16. The monoisotopic (exact) mass is 1440 g/mol. The van der Waals surface area contributed by atoms with Crippen LogP contribution in [0.2, 0.25) is 0 Å². The Labute approximate surface area is 600 Å². The highest BCUT2D eigenvalue weighted by atomic mass is 31.2. The lowest BCUT2D eigenvalue weighted by molar-refractivity contribution is -0.161. The molecule has 6 atom stereocenters. The number of carbonyl (C=O) groups is 4. The quantitative estimate of drug-likeness (QED) is 0.0222. The van der Waals surface area contributed by atoms with Gasteiger partial charge in [-0.15, -0.1) is 0 Å². The van der Waals surface area contributed by atoms with E-state index in [1.807, 2.05) is 0 Å². The Balaban J connectivity index is 5.22. The second-order valence-electron chi connectivity index (χ2n) is 29.2. The fraction of sp³-hybridized carbons (Fsp3) is 0.949. The van der Waals surface area contributed by atoms with Gasteiger partial charge in [0.15, 0.2) is 12.2 Å². The Hall–Kier alpha value is -1.94. The minimum atomic E-state index is -4.96. The Bertz CT molecular complexity index is 1890. The highest BCUT2D eigenvalue weighted by molar-refractivity contribution is 7.47. The molecule has 19 heteroatoms. The molecule has 0 bridgehead atoms. The molecule has 0 saturated carbocycles. The van der Waals surface area contributed by atoms with Crippen molar-refractivity contribution in [2.75, 3.05) is 39.6 Å². The van der Waals surface area contributed by atoms with Crippen molar-refractivity contribution in [2.45, 2.75) is 432 Å². The van der Waals surface area contributed by atoms with Crippen LogP contribution in [0.1, 0.15) is 414 Å². The van der Waals surface area contributed by atoms with E-state index in [2.05, 4.69) is 41.5 Å². The first-order valence-corrected chi connectivity index (χ1v) is 44.0. The van der Waals surface area contributed by atoms with E-state index in [0.717, 1.165) is 102 Å². The minimum Gasteiger partial charge on any atom is -0.462 e. The number of rotatable bonds is 78. The maximum atomic E-state index is 13.1. The summed E-state index contributed by atoms with van der Waals surface area (Å²) in [6.07, 6.45) is 59.9. The van der Waals surface area contributed by atoms with Gasteiger partial charge >= 0.3 is 39.5 Å². The largest absolute Gasteiger partial charge is 0.472 e. The molecule has 0 amide bonds. The van der Waals surface area contributed by atoms with Gasteiger partial charge in [-0.1, -0.05) is 363 Å². The highest BCUT2D eigenvalue weighted by Crippen LogP contribution is 2.45. The smallest absolute Gasteiger partial charge is 0.462 e. The van der Waals surface area contributed by atoms with Gasteiger partial charge in [-0.2, -0.15) is 0 Å². The van der Waals surface area contributed by atoms with Crippen LogP contribution in [-0.4, -0.2) is 96.7 Å². The van der Waals surface area contributed by atoms with Gasteiger partial charge in [0.2, 0.25) is 0 Å². The van der Waals surface area contributed by atoms with Crippen molar-refractivity contribution in [3.63, 3.8) is 0 Å². The maximum Gasteiger partial charge on any atom is 0.472 e. The van der Waals surface area contributed by atoms with Gasteiger partial charge in [-0.25, -0.2) is 9.13 Å². The number of phosphoric acid groups is 2. The molecule has 3 unspecified atom stereocenters. The van der Waals surface area contributed by atoms with E-state index in [1.165, 1.54) is 225 Å².